The van der Waals surface area contributed by atoms with Gasteiger partial charge >= 0.3 is 0 Å². The summed E-state index contributed by atoms with van der Waals surface area (Å²) in [7, 11) is -3.45. The van der Waals surface area contributed by atoms with Gasteiger partial charge in [0.05, 0.1) is 11.5 Å². The first kappa shape index (κ1) is 15.2. The second-order valence-electron chi connectivity index (χ2n) is 3.76. The summed E-state index contributed by atoms with van der Waals surface area (Å²) in [6, 6.07) is 1.57. The Balaban J connectivity index is 2.82. The minimum absolute atomic E-state index is 0.251. The molecule has 0 aliphatic rings. The Morgan fingerprint density at radius 1 is 1.44 bits per heavy atom. The van der Waals surface area contributed by atoms with Gasteiger partial charge in [-0.1, -0.05) is 6.92 Å². The van der Waals surface area contributed by atoms with Crippen LogP contribution in [0.4, 0.5) is 0 Å². The summed E-state index contributed by atoms with van der Waals surface area (Å²) in [5.74, 6) is 0. The van der Waals surface area contributed by atoms with Crippen LogP contribution in [0.5, 0.6) is 0 Å². The SMILES string of the molecule is CCOCCN(CC)S(=O)(=O)c1c[nH]c(CN)c1. The van der Waals surface area contributed by atoms with Crippen LogP contribution in [0.1, 0.15) is 19.5 Å². The molecule has 104 valence electrons. The number of hydrogen-bond acceptors (Lipinski definition) is 4. The van der Waals surface area contributed by atoms with Crippen molar-refractivity contribution in [2.75, 3.05) is 26.3 Å². The summed E-state index contributed by atoms with van der Waals surface area (Å²) in [6.07, 6.45) is 1.47. The van der Waals surface area contributed by atoms with Crippen molar-refractivity contribution in [3.05, 3.63) is 18.0 Å². The molecule has 18 heavy (non-hydrogen) atoms. The molecule has 3 N–H and O–H groups in total. The largest absolute Gasteiger partial charge is 0.380 e. The highest BCUT2D eigenvalue weighted by Crippen LogP contribution is 2.16. The molecular weight excluding hydrogens is 254 g/mol. The number of nitrogens with zero attached hydrogens (tertiary/aromatic N) is 1. The van der Waals surface area contributed by atoms with Crippen molar-refractivity contribution in [3.8, 4) is 0 Å². The standard InChI is InChI=1S/C11H21N3O3S/c1-3-14(5-6-17-4-2)18(15,16)11-7-10(8-12)13-9-11/h7,9,13H,3-6,8,12H2,1-2H3. The molecule has 0 bridgehead atoms. The molecular formula is C11H21N3O3S. The number of hydrogen-bond donors (Lipinski definition) is 2. The molecule has 0 amide bonds. The maximum Gasteiger partial charge on any atom is 0.244 e. The number of aromatic amines is 1. The summed E-state index contributed by atoms with van der Waals surface area (Å²) < 4.78 is 31.2. The molecule has 7 heteroatoms. The lowest BCUT2D eigenvalue weighted by Crippen LogP contribution is -2.33. The highest BCUT2D eigenvalue weighted by Gasteiger charge is 2.23. The Hall–Kier alpha value is -0.890. The van der Waals surface area contributed by atoms with Gasteiger partial charge in [0, 0.05) is 38.1 Å². The van der Waals surface area contributed by atoms with Crippen LogP contribution in [-0.4, -0.2) is 44.0 Å². The van der Waals surface area contributed by atoms with Crippen LogP contribution in [-0.2, 0) is 21.3 Å². The van der Waals surface area contributed by atoms with Gasteiger partial charge in [0.1, 0.15) is 0 Å². The molecule has 6 nitrogen and oxygen atoms in total. The average Bonchev–Trinajstić information content (AvgIpc) is 2.83. The zero-order valence-corrected chi connectivity index (χ0v) is 11.7. The van der Waals surface area contributed by atoms with Crippen molar-refractivity contribution < 1.29 is 13.2 Å². The van der Waals surface area contributed by atoms with Gasteiger partial charge in [0.15, 0.2) is 0 Å². The zero-order valence-electron chi connectivity index (χ0n) is 10.8. The van der Waals surface area contributed by atoms with E-state index in [-0.39, 0.29) is 4.90 Å². The Morgan fingerprint density at radius 3 is 2.67 bits per heavy atom. The molecule has 0 aromatic carbocycles. The van der Waals surface area contributed by atoms with Gasteiger partial charge in [-0.25, -0.2) is 8.42 Å². The van der Waals surface area contributed by atoms with Crippen LogP contribution in [0.15, 0.2) is 17.2 Å². The van der Waals surface area contributed by atoms with Gasteiger partial charge in [-0.15, -0.1) is 0 Å². The lowest BCUT2D eigenvalue weighted by atomic mass is 10.4. The predicted octanol–water partition coefficient (Wildman–Crippen LogP) is 0.521. The number of aromatic nitrogens is 1. The molecule has 0 spiro atoms. The number of sulfonamides is 1. The lowest BCUT2D eigenvalue weighted by Gasteiger charge is -2.19. The van der Waals surface area contributed by atoms with Crippen LogP contribution >= 0.6 is 0 Å². The first-order chi connectivity index (χ1) is 8.56. The Bertz CT molecular complexity index is 456. The van der Waals surface area contributed by atoms with E-state index in [9.17, 15) is 8.42 Å². The molecule has 0 aliphatic heterocycles. The van der Waals surface area contributed by atoms with E-state index in [0.29, 0.717) is 38.5 Å². The lowest BCUT2D eigenvalue weighted by molar-refractivity contribution is 0.135. The molecule has 1 heterocycles. The second-order valence-corrected chi connectivity index (χ2v) is 5.70. The van der Waals surface area contributed by atoms with E-state index >= 15 is 0 Å². The van der Waals surface area contributed by atoms with Crippen molar-refractivity contribution in [2.24, 2.45) is 5.73 Å². The molecule has 0 unspecified atom stereocenters. The molecule has 1 aromatic heterocycles. The average molecular weight is 275 g/mol. The van der Waals surface area contributed by atoms with E-state index in [1.54, 1.807) is 13.0 Å². The molecule has 0 saturated heterocycles. The molecule has 0 radical (unpaired) electrons. The number of likely N-dealkylation sites (N-methyl/N-ethyl adjacent to an activating group) is 1. The Kier molecular flexibility index (Phi) is 5.80. The van der Waals surface area contributed by atoms with Gasteiger partial charge in [-0.2, -0.15) is 4.31 Å². The van der Waals surface area contributed by atoms with Crippen molar-refractivity contribution in [3.63, 3.8) is 0 Å². The maximum atomic E-state index is 12.3. The van der Waals surface area contributed by atoms with Gasteiger partial charge in [0.2, 0.25) is 10.0 Å². The Morgan fingerprint density at radius 2 is 2.17 bits per heavy atom. The van der Waals surface area contributed by atoms with E-state index in [2.05, 4.69) is 4.98 Å². The van der Waals surface area contributed by atoms with Gasteiger partial charge in [0.25, 0.3) is 0 Å². The molecule has 0 fully saturated rings. The number of H-pyrrole nitrogens is 1. The fourth-order valence-corrected chi connectivity index (χ4v) is 3.05. The minimum Gasteiger partial charge on any atom is -0.380 e. The monoisotopic (exact) mass is 275 g/mol. The molecule has 1 rings (SSSR count). The van der Waals surface area contributed by atoms with Crippen LogP contribution in [0.25, 0.3) is 0 Å². The fraction of sp³-hybridized carbons (Fsp3) is 0.636. The molecule has 0 atom stereocenters. The third-order valence-corrected chi connectivity index (χ3v) is 4.57. The predicted molar refractivity (Wildman–Crippen MR) is 69.6 cm³/mol. The first-order valence-corrected chi connectivity index (χ1v) is 7.45. The van der Waals surface area contributed by atoms with E-state index in [0.717, 1.165) is 0 Å². The third kappa shape index (κ3) is 3.55. The molecule has 0 saturated carbocycles. The first-order valence-electron chi connectivity index (χ1n) is 6.01. The number of ether oxygens (including phenoxy) is 1. The van der Waals surface area contributed by atoms with Crippen LogP contribution in [0, 0.1) is 0 Å². The highest BCUT2D eigenvalue weighted by molar-refractivity contribution is 7.89. The highest BCUT2D eigenvalue weighted by atomic mass is 32.2. The zero-order chi connectivity index (χ0) is 13.6. The number of rotatable bonds is 8. The smallest absolute Gasteiger partial charge is 0.244 e. The van der Waals surface area contributed by atoms with Crippen molar-refractivity contribution in [1.29, 1.82) is 0 Å². The summed E-state index contributed by atoms with van der Waals surface area (Å²) in [4.78, 5) is 3.10. The summed E-state index contributed by atoms with van der Waals surface area (Å²) in [6.45, 7) is 5.73. The van der Waals surface area contributed by atoms with Crippen molar-refractivity contribution in [2.45, 2.75) is 25.3 Å². The van der Waals surface area contributed by atoms with E-state index in [4.69, 9.17) is 10.5 Å². The van der Waals surface area contributed by atoms with Gasteiger partial charge < -0.3 is 15.5 Å². The molecule has 1 aromatic rings. The van der Waals surface area contributed by atoms with E-state index in [1.807, 2.05) is 6.92 Å². The van der Waals surface area contributed by atoms with Crippen LogP contribution in [0.3, 0.4) is 0 Å². The number of nitrogens with one attached hydrogen (secondary N) is 1. The van der Waals surface area contributed by atoms with Gasteiger partial charge in [-0.05, 0) is 13.0 Å². The fourth-order valence-electron chi connectivity index (χ4n) is 1.59. The summed E-state index contributed by atoms with van der Waals surface area (Å²) >= 11 is 0. The van der Waals surface area contributed by atoms with Crippen molar-refractivity contribution >= 4 is 10.0 Å². The summed E-state index contributed by atoms with van der Waals surface area (Å²) in [5.41, 5.74) is 6.16. The van der Waals surface area contributed by atoms with Crippen molar-refractivity contribution in [1.82, 2.24) is 9.29 Å². The minimum atomic E-state index is -3.45. The maximum absolute atomic E-state index is 12.3. The third-order valence-electron chi connectivity index (χ3n) is 2.62. The van der Waals surface area contributed by atoms with Crippen LogP contribution in [0.2, 0.25) is 0 Å². The van der Waals surface area contributed by atoms with E-state index in [1.165, 1.54) is 10.5 Å². The Labute approximate surface area is 108 Å². The summed E-state index contributed by atoms with van der Waals surface area (Å²) in [5, 5.41) is 0. The van der Waals surface area contributed by atoms with Gasteiger partial charge in [-0.3, -0.25) is 0 Å². The second kappa shape index (κ2) is 6.89. The topological polar surface area (TPSA) is 88.4 Å². The molecule has 0 aliphatic carbocycles. The van der Waals surface area contributed by atoms with Crippen LogP contribution < -0.4 is 5.73 Å². The van der Waals surface area contributed by atoms with E-state index < -0.39 is 10.0 Å². The number of nitrogens with two attached hydrogens (primary N) is 1. The normalized spacial score (nSPS) is 12.2. The quantitative estimate of drug-likeness (QED) is 0.677.